The van der Waals surface area contributed by atoms with Gasteiger partial charge in [-0.25, -0.2) is 0 Å². The number of hydrogen-bond donors (Lipinski definition) is 1. The van der Waals surface area contributed by atoms with Gasteiger partial charge in [0.25, 0.3) is 0 Å². The predicted octanol–water partition coefficient (Wildman–Crippen LogP) is 2.10. The summed E-state index contributed by atoms with van der Waals surface area (Å²) in [5, 5.41) is 2.90. The summed E-state index contributed by atoms with van der Waals surface area (Å²) in [6, 6.07) is 12.8. The smallest absolute Gasteiger partial charge is 0.220 e. The van der Waals surface area contributed by atoms with Gasteiger partial charge in [-0.05, 0) is 24.2 Å². The molecule has 5 nitrogen and oxygen atoms in total. The molecular formula is C21H26N4O. The molecule has 1 amide bonds. The third-order valence-electron chi connectivity index (χ3n) is 5.48. The van der Waals surface area contributed by atoms with Crippen LogP contribution in [-0.4, -0.2) is 60.5 Å². The Labute approximate surface area is 155 Å². The number of benzene rings is 1. The molecule has 0 saturated carbocycles. The first-order valence-corrected chi connectivity index (χ1v) is 9.40. The number of pyridine rings is 1. The van der Waals surface area contributed by atoms with Gasteiger partial charge >= 0.3 is 0 Å². The van der Waals surface area contributed by atoms with Crippen molar-refractivity contribution < 1.29 is 4.79 Å². The number of nitrogens with one attached hydrogen (secondary N) is 1. The number of hydrogen-bond acceptors (Lipinski definition) is 4. The lowest BCUT2D eigenvalue weighted by molar-refractivity contribution is -0.119. The van der Waals surface area contributed by atoms with Gasteiger partial charge in [0.1, 0.15) is 0 Å². The first-order valence-electron chi connectivity index (χ1n) is 9.40. The van der Waals surface area contributed by atoms with Crippen molar-refractivity contribution in [2.45, 2.75) is 18.9 Å². The number of piperazine rings is 1. The van der Waals surface area contributed by atoms with E-state index in [4.69, 9.17) is 0 Å². The number of aromatic nitrogens is 1. The van der Waals surface area contributed by atoms with Gasteiger partial charge in [0.2, 0.25) is 5.91 Å². The lowest BCUT2D eigenvalue weighted by Gasteiger charge is -2.32. The second kappa shape index (κ2) is 7.56. The van der Waals surface area contributed by atoms with Crippen molar-refractivity contribution in [3.8, 4) is 11.3 Å². The molecule has 2 aromatic rings. The van der Waals surface area contributed by atoms with E-state index in [1.807, 2.05) is 6.20 Å². The van der Waals surface area contributed by atoms with Gasteiger partial charge in [0.05, 0.1) is 5.69 Å². The quantitative estimate of drug-likeness (QED) is 0.917. The van der Waals surface area contributed by atoms with E-state index in [1.54, 1.807) is 0 Å². The highest BCUT2D eigenvalue weighted by molar-refractivity contribution is 5.79. The van der Waals surface area contributed by atoms with Crippen LogP contribution >= 0.6 is 0 Å². The summed E-state index contributed by atoms with van der Waals surface area (Å²) in [5.74, 6) is 0.451. The average molecular weight is 350 g/mol. The molecule has 0 radical (unpaired) electrons. The Morgan fingerprint density at radius 3 is 2.46 bits per heavy atom. The van der Waals surface area contributed by atoms with Gasteiger partial charge in [0.15, 0.2) is 0 Å². The highest BCUT2D eigenvalue weighted by atomic mass is 16.1. The Morgan fingerprint density at radius 1 is 1.08 bits per heavy atom. The molecule has 2 saturated heterocycles. The fraction of sp³-hybridized carbons (Fsp3) is 0.429. The first kappa shape index (κ1) is 17.2. The molecule has 5 heteroatoms. The summed E-state index contributed by atoms with van der Waals surface area (Å²) >= 11 is 0. The van der Waals surface area contributed by atoms with Gasteiger partial charge < -0.3 is 10.2 Å². The van der Waals surface area contributed by atoms with Crippen LogP contribution in [0.25, 0.3) is 11.3 Å². The van der Waals surface area contributed by atoms with Crippen molar-refractivity contribution in [3.63, 3.8) is 0 Å². The minimum atomic E-state index is 0.150. The van der Waals surface area contributed by atoms with Crippen molar-refractivity contribution in [2.24, 2.45) is 0 Å². The van der Waals surface area contributed by atoms with Crippen LogP contribution < -0.4 is 5.32 Å². The topological polar surface area (TPSA) is 48.5 Å². The zero-order valence-corrected chi connectivity index (χ0v) is 15.3. The minimum absolute atomic E-state index is 0.150. The van der Waals surface area contributed by atoms with Gasteiger partial charge in [0, 0.05) is 63.4 Å². The van der Waals surface area contributed by atoms with Crippen LogP contribution in [0.1, 0.15) is 23.5 Å². The first-order chi connectivity index (χ1) is 12.7. The van der Waals surface area contributed by atoms with Crippen molar-refractivity contribution >= 4 is 5.91 Å². The molecular weight excluding hydrogens is 324 g/mol. The summed E-state index contributed by atoms with van der Waals surface area (Å²) in [5.41, 5.74) is 4.61. The van der Waals surface area contributed by atoms with E-state index in [0.717, 1.165) is 50.5 Å². The van der Waals surface area contributed by atoms with E-state index < -0.39 is 0 Å². The molecule has 3 heterocycles. The number of carbonyl (C=O) groups excluding carboxylic acids is 1. The SMILES string of the molecule is CN1CCN(Cc2ccc(-c3ccc(C4CNC(=O)C4)cc3)nc2)CC1. The molecule has 0 bridgehead atoms. The van der Waals surface area contributed by atoms with Gasteiger partial charge in [-0.15, -0.1) is 0 Å². The van der Waals surface area contributed by atoms with Crippen molar-refractivity contribution in [3.05, 3.63) is 53.7 Å². The van der Waals surface area contributed by atoms with Crippen LogP contribution in [0.15, 0.2) is 42.6 Å². The zero-order chi connectivity index (χ0) is 17.9. The lowest BCUT2D eigenvalue weighted by Crippen LogP contribution is -2.43. The van der Waals surface area contributed by atoms with E-state index in [1.165, 1.54) is 11.1 Å². The molecule has 2 aliphatic heterocycles. The van der Waals surface area contributed by atoms with Crippen molar-refractivity contribution in [1.29, 1.82) is 0 Å². The number of rotatable bonds is 4. The monoisotopic (exact) mass is 350 g/mol. The summed E-state index contributed by atoms with van der Waals surface area (Å²) in [7, 11) is 2.18. The molecule has 1 aromatic carbocycles. The van der Waals surface area contributed by atoms with Crippen LogP contribution in [0.2, 0.25) is 0 Å². The molecule has 136 valence electrons. The van der Waals surface area contributed by atoms with Crippen LogP contribution in [0, 0.1) is 0 Å². The fourth-order valence-electron chi connectivity index (χ4n) is 3.72. The largest absolute Gasteiger partial charge is 0.355 e. The molecule has 2 fully saturated rings. The molecule has 1 aromatic heterocycles. The molecule has 0 spiro atoms. The third kappa shape index (κ3) is 3.94. The van der Waals surface area contributed by atoms with E-state index in [2.05, 4.69) is 63.5 Å². The normalized spacial score (nSPS) is 21.7. The van der Waals surface area contributed by atoms with E-state index in [9.17, 15) is 4.79 Å². The zero-order valence-electron chi connectivity index (χ0n) is 15.3. The summed E-state index contributed by atoms with van der Waals surface area (Å²) < 4.78 is 0. The number of carbonyl (C=O) groups is 1. The molecule has 1 atom stereocenters. The second-order valence-electron chi connectivity index (χ2n) is 7.46. The maximum absolute atomic E-state index is 11.4. The van der Waals surface area contributed by atoms with Crippen LogP contribution in [-0.2, 0) is 11.3 Å². The Kier molecular flexibility index (Phi) is 5.00. The van der Waals surface area contributed by atoms with Gasteiger partial charge in [-0.3, -0.25) is 14.7 Å². The number of amides is 1. The maximum Gasteiger partial charge on any atom is 0.220 e. The molecule has 2 aliphatic rings. The molecule has 26 heavy (non-hydrogen) atoms. The van der Waals surface area contributed by atoms with Crippen molar-refractivity contribution in [1.82, 2.24) is 20.1 Å². The van der Waals surface area contributed by atoms with Crippen LogP contribution in [0.3, 0.4) is 0 Å². The standard InChI is InChI=1S/C21H26N4O/c1-24-8-10-25(11-9-24)15-16-2-7-20(22-13-16)18-5-3-17(4-6-18)19-12-21(26)23-14-19/h2-7,13,19H,8-12,14-15H2,1H3,(H,23,26). The number of nitrogens with zero attached hydrogens (tertiary/aromatic N) is 3. The predicted molar refractivity (Wildman–Crippen MR) is 103 cm³/mol. The molecule has 1 N–H and O–H groups in total. The molecule has 1 unspecified atom stereocenters. The maximum atomic E-state index is 11.4. The summed E-state index contributed by atoms with van der Waals surface area (Å²) in [6.45, 7) is 6.25. The van der Waals surface area contributed by atoms with E-state index in [0.29, 0.717) is 12.3 Å². The number of likely N-dealkylation sites (N-methyl/N-ethyl adjacent to an activating group) is 1. The van der Waals surface area contributed by atoms with Crippen LogP contribution in [0.5, 0.6) is 0 Å². The van der Waals surface area contributed by atoms with Crippen LogP contribution in [0.4, 0.5) is 0 Å². The fourth-order valence-corrected chi connectivity index (χ4v) is 3.72. The highest BCUT2D eigenvalue weighted by Crippen LogP contribution is 2.26. The Morgan fingerprint density at radius 2 is 1.85 bits per heavy atom. The third-order valence-corrected chi connectivity index (χ3v) is 5.48. The minimum Gasteiger partial charge on any atom is -0.355 e. The van der Waals surface area contributed by atoms with Crippen molar-refractivity contribution in [2.75, 3.05) is 39.8 Å². The lowest BCUT2D eigenvalue weighted by atomic mass is 9.96. The summed E-state index contributed by atoms with van der Waals surface area (Å²) in [6.07, 6.45) is 2.60. The van der Waals surface area contributed by atoms with E-state index >= 15 is 0 Å². The van der Waals surface area contributed by atoms with Gasteiger partial charge in [-0.2, -0.15) is 0 Å². The average Bonchev–Trinajstić information content (AvgIpc) is 3.11. The second-order valence-corrected chi connectivity index (χ2v) is 7.46. The van der Waals surface area contributed by atoms with Gasteiger partial charge in [-0.1, -0.05) is 30.3 Å². The Hall–Kier alpha value is -2.24. The highest BCUT2D eigenvalue weighted by Gasteiger charge is 2.22. The summed E-state index contributed by atoms with van der Waals surface area (Å²) in [4.78, 5) is 20.9. The van der Waals surface area contributed by atoms with E-state index in [-0.39, 0.29) is 5.91 Å². The Balaban J connectivity index is 1.39. The molecule has 4 rings (SSSR count). The Bertz CT molecular complexity index is 749. The molecule has 0 aliphatic carbocycles.